The molecule has 0 atom stereocenters. The Morgan fingerprint density at radius 3 is 2.52 bits per heavy atom. The molecule has 0 saturated carbocycles. The van der Waals surface area contributed by atoms with Gasteiger partial charge in [0.25, 0.3) is 15.7 Å². The van der Waals surface area contributed by atoms with Gasteiger partial charge in [0.15, 0.2) is 0 Å². The predicted molar refractivity (Wildman–Crippen MR) is 89.6 cm³/mol. The van der Waals surface area contributed by atoms with E-state index in [4.69, 9.17) is 16.3 Å². The second-order valence-corrected chi connectivity index (χ2v) is 7.27. The number of nitrogens with zero attached hydrogens (tertiary/aromatic N) is 1. The van der Waals surface area contributed by atoms with Crippen molar-refractivity contribution < 1.29 is 18.1 Å². The molecule has 0 aliphatic rings. The van der Waals surface area contributed by atoms with Crippen molar-refractivity contribution >= 4 is 48.9 Å². The first-order valence-electron chi connectivity index (χ1n) is 6.05. The molecule has 0 saturated heterocycles. The number of sulfonamides is 1. The van der Waals surface area contributed by atoms with E-state index in [-0.39, 0.29) is 21.3 Å². The number of non-ortho nitro benzene ring substituents is 1. The quantitative estimate of drug-likeness (QED) is 0.584. The molecule has 0 spiro atoms. The lowest BCUT2D eigenvalue weighted by Crippen LogP contribution is -2.13. The highest BCUT2D eigenvalue weighted by Gasteiger charge is 2.19. The molecule has 2 rings (SSSR count). The molecular formula is C13H10BrClN2O5S. The highest BCUT2D eigenvalue weighted by Crippen LogP contribution is 2.31. The lowest BCUT2D eigenvalue weighted by Gasteiger charge is -2.11. The Balaban J connectivity index is 2.40. The van der Waals surface area contributed by atoms with Gasteiger partial charge in [-0.25, -0.2) is 8.42 Å². The molecule has 0 aromatic heterocycles. The minimum Gasteiger partial charge on any atom is -0.496 e. The van der Waals surface area contributed by atoms with Gasteiger partial charge in [-0.3, -0.25) is 14.8 Å². The summed E-state index contributed by atoms with van der Waals surface area (Å²) in [5, 5.41) is 10.8. The van der Waals surface area contributed by atoms with E-state index in [0.717, 1.165) is 6.07 Å². The second-order valence-electron chi connectivity index (χ2n) is 4.32. The van der Waals surface area contributed by atoms with Gasteiger partial charge < -0.3 is 4.74 Å². The Hall–Kier alpha value is -1.84. The third-order valence-electron chi connectivity index (χ3n) is 2.84. The first-order valence-corrected chi connectivity index (χ1v) is 8.70. The number of methoxy groups -OCH3 is 1. The highest BCUT2D eigenvalue weighted by atomic mass is 79.9. The molecule has 122 valence electrons. The minimum absolute atomic E-state index is 0.0479. The standard InChI is InChI=1S/C13H10BrClN2O5S/c1-22-13-5-3-9(7-10(13)14)23(20,21)16-12-6-8(17(18)19)2-4-11(12)15/h2-7,16H,1H3. The van der Waals surface area contributed by atoms with Crippen LogP contribution in [0.5, 0.6) is 5.75 Å². The van der Waals surface area contributed by atoms with Crippen LogP contribution in [0.25, 0.3) is 0 Å². The molecule has 1 N–H and O–H groups in total. The normalized spacial score (nSPS) is 11.1. The Labute approximate surface area is 145 Å². The molecule has 0 aliphatic heterocycles. The molecule has 0 amide bonds. The van der Waals surface area contributed by atoms with Crippen LogP contribution in [0.3, 0.4) is 0 Å². The summed E-state index contributed by atoms with van der Waals surface area (Å²) in [6.45, 7) is 0. The van der Waals surface area contributed by atoms with Crippen molar-refractivity contribution in [1.82, 2.24) is 0 Å². The van der Waals surface area contributed by atoms with E-state index in [1.807, 2.05) is 0 Å². The van der Waals surface area contributed by atoms with Crippen molar-refractivity contribution in [3.05, 3.63) is 56.0 Å². The molecule has 0 heterocycles. The number of rotatable bonds is 5. The first-order chi connectivity index (χ1) is 10.7. The Morgan fingerprint density at radius 1 is 1.26 bits per heavy atom. The van der Waals surface area contributed by atoms with Gasteiger partial charge in [0.05, 0.1) is 32.1 Å². The smallest absolute Gasteiger partial charge is 0.271 e. The van der Waals surface area contributed by atoms with Crippen molar-refractivity contribution in [3.8, 4) is 5.75 Å². The molecule has 0 radical (unpaired) electrons. The van der Waals surface area contributed by atoms with Gasteiger partial charge in [0.1, 0.15) is 5.75 Å². The summed E-state index contributed by atoms with van der Waals surface area (Å²) in [5.74, 6) is 0.470. The van der Waals surface area contributed by atoms with Crippen molar-refractivity contribution in [2.45, 2.75) is 4.90 Å². The second kappa shape index (κ2) is 6.73. The molecule has 2 aromatic carbocycles. The summed E-state index contributed by atoms with van der Waals surface area (Å²) in [4.78, 5) is 10.1. The number of hydrogen-bond acceptors (Lipinski definition) is 5. The zero-order chi connectivity index (χ0) is 17.2. The van der Waals surface area contributed by atoms with Crippen LogP contribution in [0.2, 0.25) is 5.02 Å². The molecular weight excluding hydrogens is 412 g/mol. The summed E-state index contributed by atoms with van der Waals surface area (Å²) < 4.78 is 32.5. The summed E-state index contributed by atoms with van der Waals surface area (Å²) >= 11 is 9.09. The largest absolute Gasteiger partial charge is 0.496 e. The molecule has 0 unspecified atom stereocenters. The lowest BCUT2D eigenvalue weighted by molar-refractivity contribution is -0.384. The number of ether oxygens (including phenoxy) is 1. The highest BCUT2D eigenvalue weighted by molar-refractivity contribution is 9.10. The zero-order valence-electron chi connectivity index (χ0n) is 11.6. The minimum atomic E-state index is -3.97. The van der Waals surface area contributed by atoms with E-state index in [2.05, 4.69) is 20.7 Å². The average molecular weight is 422 g/mol. The van der Waals surface area contributed by atoms with Gasteiger partial charge in [-0.1, -0.05) is 11.6 Å². The fourth-order valence-corrected chi connectivity index (χ4v) is 3.73. The van der Waals surface area contributed by atoms with E-state index in [1.54, 1.807) is 0 Å². The van der Waals surface area contributed by atoms with Gasteiger partial charge in [-0.2, -0.15) is 0 Å². The number of nitrogens with one attached hydrogen (secondary N) is 1. The summed E-state index contributed by atoms with van der Waals surface area (Å²) in [5.41, 5.74) is -0.351. The van der Waals surface area contributed by atoms with Gasteiger partial charge in [-0.05, 0) is 40.2 Å². The van der Waals surface area contributed by atoms with E-state index in [1.165, 1.54) is 37.4 Å². The van der Waals surface area contributed by atoms with Gasteiger partial charge >= 0.3 is 0 Å². The van der Waals surface area contributed by atoms with Crippen LogP contribution in [0.4, 0.5) is 11.4 Å². The molecule has 0 fully saturated rings. The predicted octanol–water partition coefficient (Wildman–Crippen LogP) is 3.82. The number of anilines is 1. The number of nitro benzene ring substituents is 1. The summed E-state index contributed by atoms with van der Waals surface area (Å²) in [6.07, 6.45) is 0. The van der Waals surface area contributed by atoms with Crippen LogP contribution in [0.1, 0.15) is 0 Å². The summed E-state index contributed by atoms with van der Waals surface area (Å²) in [6, 6.07) is 7.67. The average Bonchev–Trinajstić information content (AvgIpc) is 2.49. The Morgan fingerprint density at radius 2 is 1.96 bits per heavy atom. The maximum absolute atomic E-state index is 12.4. The van der Waals surface area contributed by atoms with Crippen molar-refractivity contribution in [1.29, 1.82) is 0 Å². The fraction of sp³-hybridized carbons (Fsp3) is 0.0769. The van der Waals surface area contributed by atoms with Gasteiger partial charge in [0, 0.05) is 12.1 Å². The molecule has 0 aliphatic carbocycles. The van der Waals surface area contributed by atoms with Gasteiger partial charge in [-0.15, -0.1) is 0 Å². The third kappa shape index (κ3) is 3.92. The van der Waals surface area contributed by atoms with Crippen molar-refractivity contribution in [2.24, 2.45) is 0 Å². The van der Waals surface area contributed by atoms with Crippen LogP contribution >= 0.6 is 27.5 Å². The van der Waals surface area contributed by atoms with E-state index in [9.17, 15) is 18.5 Å². The summed E-state index contributed by atoms with van der Waals surface area (Å²) in [7, 11) is -2.51. The number of nitro groups is 1. The number of hydrogen-bond donors (Lipinski definition) is 1. The van der Waals surface area contributed by atoms with Crippen LogP contribution in [0.15, 0.2) is 45.8 Å². The van der Waals surface area contributed by atoms with Crippen LogP contribution in [-0.4, -0.2) is 20.5 Å². The maximum atomic E-state index is 12.4. The van der Waals surface area contributed by atoms with Gasteiger partial charge in [0.2, 0.25) is 0 Å². The molecule has 23 heavy (non-hydrogen) atoms. The first kappa shape index (κ1) is 17.5. The number of halogens is 2. The lowest BCUT2D eigenvalue weighted by atomic mass is 10.3. The Kier molecular flexibility index (Phi) is 5.12. The van der Waals surface area contributed by atoms with E-state index >= 15 is 0 Å². The van der Waals surface area contributed by atoms with Crippen LogP contribution < -0.4 is 9.46 Å². The van der Waals surface area contributed by atoms with Crippen molar-refractivity contribution in [3.63, 3.8) is 0 Å². The molecule has 2 aromatic rings. The zero-order valence-corrected chi connectivity index (χ0v) is 14.8. The van der Waals surface area contributed by atoms with Crippen LogP contribution in [0, 0.1) is 10.1 Å². The molecule has 0 bridgehead atoms. The molecule has 7 nitrogen and oxygen atoms in total. The monoisotopic (exact) mass is 420 g/mol. The van der Waals surface area contributed by atoms with Crippen molar-refractivity contribution in [2.75, 3.05) is 11.8 Å². The van der Waals surface area contributed by atoms with E-state index < -0.39 is 14.9 Å². The SMILES string of the molecule is COc1ccc(S(=O)(=O)Nc2cc([N+](=O)[O-])ccc2Cl)cc1Br. The van der Waals surface area contributed by atoms with Crippen LogP contribution in [-0.2, 0) is 10.0 Å². The topological polar surface area (TPSA) is 98.5 Å². The number of benzene rings is 2. The van der Waals surface area contributed by atoms with E-state index in [0.29, 0.717) is 10.2 Å². The maximum Gasteiger partial charge on any atom is 0.271 e. The fourth-order valence-electron chi connectivity index (χ4n) is 1.72. The molecule has 10 heteroatoms. The third-order valence-corrected chi connectivity index (χ3v) is 5.15. The Bertz CT molecular complexity index is 873.